The molecule has 0 spiro atoms. The van der Waals surface area contributed by atoms with Crippen molar-refractivity contribution in [3.63, 3.8) is 0 Å². The summed E-state index contributed by atoms with van der Waals surface area (Å²) in [4.78, 5) is 20.8. The average Bonchev–Trinajstić information content (AvgIpc) is 3.33. The topological polar surface area (TPSA) is 139 Å². The van der Waals surface area contributed by atoms with Gasteiger partial charge in [-0.1, -0.05) is 11.3 Å². The highest BCUT2D eigenvalue weighted by Crippen LogP contribution is 2.25. The minimum absolute atomic E-state index is 0.0536. The van der Waals surface area contributed by atoms with Gasteiger partial charge < -0.3 is 25.8 Å². The standard InChI is InChI=1S/C25H28F2N8O3/c1-25(2,14-36)30-9-4-10-38-16-7-8-17-20(11-16)28-15-29-24(17)32-21-12-35(34-33-21)13-22(37)31-19-6-3-5-18(26)23(19)27/h3,5-8,11-12,15,30,36H,4,9-10,13-14H2,1-2H3,(H,31,37)(H,28,29,32). The van der Waals surface area contributed by atoms with Gasteiger partial charge in [0.15, 0.2) is 17.5 Å². The number of aliphatic hydroxyl groups is 1. The number of halogens is 2. The molecule has 200 valence electrons. The number of aliphatic hydroxyl groups excluding tert-OH is 1. The van der Waals surface area contributed by atoms with Crippen LogP contribution >= 0.6 is 0 Å². The lowest BCUT2D eigenvalue weighted by Gasteiger charge is -2.23. The first-order chi connectivity index (χ1) is 18.2. The highest BCUT2D eigenvalue weighted by molar-refractivity contribution is 5.91. The number of carbonyl (C=O) groups is 1. The van der Waals surface area contributed by atoms with Crippen molar-refractivity contribution in [1.82, 2.24) is 30.3 Å². The molecule has 0 fully saturated rings. The minimum atomic E-state index is -1.13. The normalized spacial score (nSPS) is 11.5. The molecule has 11 nitrogen and oxygen atoms in total. The van der Waals surface area contributed by atoms with Crippen LogP contribution in [0.4, 0.5) is 26.1 Å². The lowest BCUT2D eigenvalue weighted by molar-refractivity contribution is -0.117. The molecular formula is C25H28F2N8O3. The Hall–Kier alpha value is -4.23. The molecule has 0 bridgehead atoms. The van der Waals surface area contributed by atoms with Crippen LogP contribution in [-0.4, -0.2) is 61.3 Å². The van der Waals surface area contributed by atoms with E-state index in [1.165, 1.54) is 29.3 Å². The van der Waals surface area contributed by atoms with Crippen molar-refractivity contribution < 1.29 is 23.4 Å². The monoisotopic (exact) mass is 526 g/mol. The van der Waals surface area contributed by atoms with E-state index in [2.05, 4.69) is 36.2 Å². The van der Waals surface area contributed by atoms with Gasteiger partial charge in [-0.05, 0) is 51.1 Å². The number of nitrogens with one attached hydrogen (secondary N) is 3. The van der Waals surface area contributed by atoms with E-state index < -0.39 is 17.5 Å². The zero-order valence-corrected chi connectivity index (χ0v) is 20.9. The second-order valence-electron chi connectivity index (χ2n) is 9.15. The molecule has 4 rings (SSSR count). The molecule has 0 saturated heterocycles. The molecular weight excluding hydrogens is 498 g/mol. The second kappa shape index (κ2) is 11.9. The maximum atomic E-state index is 13.8. The van der Waals surface area contributed by atoms with E-state index in [4.69, 9.17) is 4.74 Å². The molecule has 0 saturated carbocycles. The Balaban J connectivity index is 1.34. The summed E-state index contributed by atoms with van der Waals surface area (Å²) in [6.45, 7) is 4.86. The van der Waals surface area contributed by atoms with E-state index in [0.717, 1.165) is 17.9 Å². The zero-order chi connectivity index (χ0) is 27.1. The fourth-order valence-corrected chi connectivity index (χ4v) is 3.46. The summed E-state index contributed by atoms with van der Waals surface area (Å²) in [6.07, 6.45) is 3.66. The van der Waals surface area contributed by atoms with Crippen LogP contribution in [0.3, 0.4) is 0 Å². The first-order valence-corrected chi connectivity index (χ1v) is 11.9. The van der Waals surface area contributed by atoms with Gasteiger partial charge in [-0.25, -0.2) is 23.4 Å². The van der Waals surface area contributed by atoms with Gasteiger partial charge in [-0.3, -0.25) is 4.79 Å². The Bertz CT molecular complexity index is 1410. The first-order valence-electron chi connectivity index (χ1n) is 11.9. The van der Waals surface area contributed by atoms with Crippen LogP contribution in [0.2, 0.25) is 0 Å². The summed E-state index contributed by atoms with van der Waals surface area (Å²) < 4.78 is 34.2. The molecule has 0 aliphatic heterocycles. The number of hydrogen-bond donors (Lipinski definition) is 4. The average molecular weight is 527 g/mol. The first kappa shape index (κ1) is 26.8. The number of benzene rings is 2. The number of hydrogen-bond acceptors (Lipinski definition) is 9. The summed E-state index contributed by atoms with van der Waals surface area (Å²) in [7, 11) is 0. The zero-order valence-electron chi connectivity index (χ0n) is 20.9. The number of nitrogens with zero attached hydrogens (tertiary/aromatic N) is 5. The third kappa shape index (κ3) is 6.95. The number of aromatic nitrogens is 5. The van der Waals surface area contributed by atoms with Gasteiger partial charge >= 0.3 is 0 Å². The van der Waals surface area contributed by atoms with Crippen LogP contribution in [0.15, 0.2) is 48.9 Å². The third-order valence-corrected chi connectivity index (χ3v) is 5.51. The van der Waals surface area contributed by atoms with Gasteiger partial charge in [-0.15, -0.1) is 5.10 Å². The molecule has 13 heteroatoms. The smallest absolute Gasteiger partial charge is 0.246 e. The summed E-state index contributed by atoms with van der Waals surface area (Å²) in [5, 5.41) is 26.5. The van der Waals surface area contributed by atoms with Gasteiger partial charge in [0.25, 0.3) is 0 Å². The number of ether oxygens (including phenoxy) is 1. The number of carbonyl (C=O) groups excluding carboxylic acids is 1. The maximum absolute atomic E-state index is 13.8. The van der Waals surface area contributed by atoms with Gasteiger partial charge in [0.2, 0.25) is 5.91 Å². The highest BCUT2D eigenvalue weighted by Gasteiger charge is 2.15. The highest BCUT2D eigenvalue weighted by atomic mass is 19.2. The van der Waals surface area contributed by atoms with E-state index in [9.17, 15) is 18.7 Å². The minimum Gasteiger partial charge on any atom is -0.493 e. The van der Waals surface area contributed by atoms with E-state index in [-0.39, 0.29) is 24.4 Å². The molecule has 2 aromatic heterocycles. The maximum Gasteiger partial charge on any atom is 0.246 e. The van der Waals surface area contributed by atoms with Crippen LogP contribution < -0.4 is 20.7 Å². The van der Waals surface area contributed by atoms with Crippen molar-refractivity contribution >= 4 is 34.1 Å². The lowest BCUT2D eigenvalue weighted by Crippen LogP contribution is -2.43. The van der Waals surface area contributed by atoms with Crippen molar-refractivity contribution in [3.8, 4) is 5.75 Å². The molecule has 0 unspecified atom stereocenters. The molecule has 0 aliphatic rings. The van der Waals surface area contributed by atoms with E-state index in [0.29, 0.717) is 36.1 Å². The molecule has 38 heavy (non-hydrogen) atoms. The van der Waals surface area contributed by atoms with Gasteiger partial charge in [0, 0.05) is 17.0 Å². The fraction of sp³-hybridized carbons (Fsp3) is 0.320. The molecule has 0 aliphatic carbocycles. The van der Waals surface area contributed by atoms with Gasteiger partial charge in [0.05, 0.1) is 30.6 Å². The Morgan fingerprint density at radius 2 is 2.03 bits per heavy atom. The number of amides is 1. The number of rotatable bonds is 12. The van der Waals surface area contributed by atoms with Crippen molar-refractivity contribution in [1.29, 1.82) is 0 Å². The van der Waals surface area contributed by atoms with E-state index in [1.54, 1.807) is 6.07 Å². The lowest BCUT2D eigenvalue weighted by atomic mass is 10.1. The molecule has 1 amide bonds. The summed E-state index contributed by atoms with van der Waals surface area (Å²) in [6, 6.07) is 8.97. The molecule has 0 atom stereocenters. The van der Waals surface area contributed by atoms with Crippen LogP contribution in [0.5, 0.6) is 5.75 Å². The molecule has 2 heterocycles. The van der Waals surface area contributed by atoms with Crippen molar-refractivity contribution in [3.05, 3.63) is 60.6 Å². The van der Waals surface area contributed by atoms with Crippen molar-refractivity contribution in [2.24, 2.45) is 0 Å². The van der Waals surface area contributed by atoms with Crippen LogP contribution in [0.1, 0.15) is 20.3 Å². The summed E-state index contributed by atoms with van der Waals surface area (Å²) in [5.41, 5.74) is 0.0681. The summed E-state index contributed by atoms with van der Waals surface area (Å²) >= 11 is 0. The van der Waals surface area contributed by atoms with Crippen LogP contribution in [0, 0.1) is 11.6 Å². The Morgan fingerprint density at radius 3 is 2.84 bits per heavy atom. The van der Waals surface area contributed by atoms with E-state index in [1.807, 2.05) is 26.0 Å². The molecule has 2 aromatic carbocycles. The number of fused-ring (bicyclic) bond motifs is 1. The van der Waals surface area contributed by atoms with Crippen LogP contribution in [0.25, 0.3) is 10.9 Å². The Kier molecular flexibility index (Phi) is 8.38. The second-order valence-corrected chi connectivity index (χ2v) is 9.15. The fourth-order valence-electron chi connectivity index (χ4n) is 3.46. The van der Waals surface area contributed by atoms with E-state index >= 15 is 0 Å². The predicted octanol–water partition coefficient (Wildman–Crippen LogP) is 3.01. The molecule has 4 aromatic rings. The van der Waals surface area contributed by atoms with Crippen LogP contribution in [-0.2, 0) is 11.3 Å². The van der Waals surface area contributed by atoms with Gasteiger partial charge in [-0.2, -0.15) is 0 Å². The molecule has 0 radical (unpaired) electrons. The largest absolute Gasteiger partial charge is 0.493 e. The predicted molar refractivity (Wildman–Crippen MR) is 137 cm³/mol. The third-order valence-electron chi connectivity index (χ3n) is 5.51. The Labute approximate surface area is 217 Å². The molecule has 4 N–H and O–H groups in total. The van der Waals surface area contributed by atoms with Gasteiger partial charge in [0.1, 0.15) is 24.4 Å². The van der Waals surface area contributed by atoms with Crippen molar-refractivity contribution in [2.75, 3.05) is 30.4 Å². The quantitative estimate of drug-likeness (QED) is 0.205. The number of anilines is 3. The summed E-state index contributed by atoms with van der Waals surface area (Å²) in [5.74, 6) is -1.32. The Morgan fingerprint density at radius 1 is 1.18 bits per heavy atom. The van der Waals surface area contributed by atoms with Crippen molar-refractivity contribution in [2.45, 2.75) is 32.4 Å². The SMILES string of the molecule is CC(C)(CO)NCCCOc1ccc2c(Nc3cn(CC(=O)Nc4cccc(F)c4F)nn3)ncnc2c1.